The van der Waals surface area contributed by atoms with Gasteiger partial charge in [-0.3, -0.25) is 24.4 Å². The summed E-state index contributed by atoms with van der Waals surface area (Å²) in [6.45, 7) is 7.83. The van der Waals surface area contributed by atoms with Gasteiger partial charge in [-0.25, -0.2) is 4.98 Å². The molecule has 2 saturated heterocycles. The number of aromatic nitrogens is 2. The number of piperazine rings is 2. The minimum atomic E-state index is -0.143. The number of nitrogens with zero attached hydrogens (tertiary/aromatic N) is 5. The van der Waals surface area contributed by atoms with E-state index in [1.54, 1.807) is 30.3 Å². The Hall–Kier alpha value is -3.20. The van der Waals surface area contributed by atoms with E-state index in [4.69, 9.17) is 16.6 Å². The van der Waals surface area contributed by atoms with Gasteiger partial charge in [0.15, 0.2) is 0 Å². The van der Waals surface area contributed by atoms with Gasteiger partial charge in [0.1, 0.15) is 0 Å². The maximum absolute atomic E-state index is 12.8. The van der Waals surface area contributed by atoms with Crippen molar-refractivity contribution in [1.29, 1.82) is 0 Å². The van der Waals surface area contributed by atoms with E-state index in [-0.39, 0.29) is 11.5 Å². The quantitative estimate of drug-likeness (QED) is 0.554. The van der Waals surface area contributed by atoms with Crippen LogP contribution in [0.15, 0.2) is 65.5 Å². The Labute approximate surface area is 216 Å². The summed E-state index contributed by atoms with van der Waals surface area (Å²) in [6.07, 6.45) is 0. The van der Waals surface area contributed by atoms with Crippen LogP contribution in [-0.2, 0) is 13.1 Å². The van der Waals surface area contributed by atoms with E-state index >= 15 is 0 Å². The molecular weight excluding hydrogens is 476 g/mol. The normalized spacial score (nSPS) is 17.4. The first-order chi connectivity index (χ1) is 17.5. The molecular formula is C27H31ClN6O2. The lowest BCUT2D eigenvalue weighted by Gasteiger charge is -2.36. The van der Waals surface area contributed by atoms with E-state index in [1.165, 1.54) is 5.56 Å². The van der Waals surface area contributed by atoms with Gasteiger partial charge in [0, 0.05) is 82.1 Å². The highest BCUT2D eigenvalue weighted by Crippen LogP contribution is 2.17. The molecule has 188 valence electrons. The smallest absolute Gasteiger partial charge is 0.254 e. The average Bonchev–Trinajstić information content (AvgIpc) is 2.90. The highest BCUT2D eigenvalue weighted by atomic mass is 35.5. The molecule has 0 atom stereocenters. The lowest BCUT2D eigenvalue weighted by atomic mass is 10.2. The van der Waals surface area contributed by atoms with E-state index in [2.05, 4.69) is 39.0 Å². The highest BCUT2D eigenvalue weighted by Gasteiger charge is 2.24. The zero-order valence-electron chi connectivity index (χ0n) is 20.3. The number of H-pyrrole nitrogens is 1. The van der Waals surface area contributed by atoms with Crippen LogP contribution in [0.25, 0.3) is 0 Å². The molecule has 5 rings (SSSR count). The number of hydrogen-bond acceptors (Lipinski definition) is 6. The Morgan fingerprint density at radius 1 is 0.833 bits per heavy atom. The number of carbonyl (C=O) groups excluding carboxylic acids is 1. The lowest BCUT2D eigenvalue weighted by Crippen LogP contribution is -2.49. The number of amides is 1. The van der Waals surface area contributed by atoms with Crippen molar-refractivity contribution < 1.29 is 4.79 Å². The minimum Gasteiger partial charge on any atom is -0.339 e. The molecule has 0 bridgehead atoms. The van der Waals surface area contributed by atoms with E-state index in [0.29, 0.717) is 49.3 Å². The predicted octanol–water partition coefficient (Wildman–Crippen LogP) is 2.70. The van der Waals surface area contributed by atoms with Crippen LogP contribution < -0.4 is 10.5 Å². The van der Waals surface area contributed by atoms with Gasteiger partial charge in [0.05, 0.1) is 5.69 Å². The lowest BCUT2D eigenvalue weighted by molar-refractivity contribution is 0.0746. The molecule has 0 unspecified atom stereocenters. The largest absolute Gasteiger partial charge is 0.339 e. The third-order valence-electron chi connectivity index (χ3n) is 6.82. The monoisotopic (exact) mass is 506 g/mol. The molecule has 2 aliphatic rings. The predicted molar refractivity (Wildman–Crippen MR) is 141 cm³/mol. The second kappa shape index (κ2) is 11.2. The van der Waals surface area contributed by atoms with Crippen LogP contribution >= 0.6 is 11.6 Å². The Morgan fingerprint density at radius 3 is 2.22 bits per heavy atom. The van der Waals surface area contributed by atoms with Crippen molar-refractivity contribution in [1.82, 2.24) is 24.7 Å². The van der Waals surface area contributed by atoms with Gasteiger partial charge in [-0.2, -0.15) is 0 Å². The first-order valence-electron chi connectivity index (χ1n) is 12.4. The van der Waals surface area contributed by atoms with Gasteiger partial charge in [-0.05, 0) is 23.8 Å². The molecule has 0 saturated carbocycles. The molecule has 2 aliphatic heterocycles. The summed E-state index contributed by atoms with van der Waals surface area (Å²) in [6, 6.07) is 19.2. The number of carbonyl (C=O) groups is 1. The summed E-state index contributed by atoms with van der Waals surface area (Å²) in [7, 11) is 0. The molecule has 36 heavy (non-hydrogen) atoms. The standard InChI is InChI=1S/C27H31ClN6O2/c28-23-8-4-7-22(17-23)26(36)33-13-15-34(16-14-33)27-29-24(18-25(35)30-27)20-32-11-9-31(10-12-32)19-21-5-2-1-3-6-21/h1-8,17-18H,9-16,19-20H2,(H,29,30,35). The second-order valence-electron chi connectivity index (χ2n) is 9.39. The Bertz CT molecular complexity index is 1230. The first kappa shape index (κ1) is 24.5. The Balaban J connectivity index is 1.15. The summed E-state index contributed by atoms with van der Waals surface area (Å²) in [5.74, 6) is 0.550. The molecule has 3 heterocycles. The van der Waals surface area contributed by atoms with Crippen molar-refractivity contribution in [3.05, 3.63) is 92.9 Å². The number of anilines is 1. The fourth-order valence-electron chi connectivity index (χ4n) is 4.83. The van der Waals surface area contributed by atoms with Gasteiger partial charge in [-0.1, -0.05) is 48.0 Å². The van der Waals surface area contributed by atoms with E-state index in [9.17, 15) is 9.59 Å². The third-order valence-corrected chi connectivity index (χ3v) is 7.05. The summed E-state index contributed by atoms with van der Waals surface area (Å²) in [5.41, 5.74) is 2.56. The zero-order valence-corrected chi connectivity index (χ0v) is 21.0. The SMILES string of the molecule is O=C(c1cccc(Cl)c1)N1CCN(c2nc(CN3CCN(Cc4ccccc4)CC3)cc(=O)[nH]2)CC1. The number of rotatable bonds is 6. The van der Waals surface area contributed by atoms with Crippen molar-refractivity contribution in [2.75, 3.05) is 57.3 Å². The number of aromatic amines is 1. The number of halogens is 1. The van der Waals surface area contributed by atoms with E-state index in [0.717, 1.165) is 38.4 Å². The van der Waals surface area contributed by atoms with Gasteiger partial charge in [-0.15, -0.1) is 0 Å². The second-order valence-corrected chi connectivity index (χ2v) is 9.82. The van der Waals surface area contributed by atoms with Crippen LogP contribution in [0.3, 0.4) is 0 Å². The molecule has 8 nitrogen and oxygen atoms in total. The van der Waals surface area contributed by atoms with Crippen LogP contribution in [0.1, 0.15) is 21.6 Å². The van der Waals surface area contributed by atoms with Crippen LogP contribution in [0, 0.1) is 0 Å². The number of benzene rings is 2. The maximum Gasteiger partial charge on any atom is 0.254 e. The molecule has 1 amide bonds. The van der Waals surface area contributed by atoms with E-state index < -0.39 is 0 Å². The summed E-state index contributed by atoms with van der Waals surface area (Å²) in [4.78, 5) is 41.6. The van der Waals surface area contributed by atoms with Crippen molar-refractivity contribution in [3.8, 4) is 0 Å². The number of hydrogen-bond donors (Lipinski definition) is 1. The minimum absolute atomic E-state index is 0.0289. The summed E-state index contributed by atoms with van der Waals surface area (Å²) in [5, 5.41) is 0.552. The molecule has 2 aromatic carbocycles. The molecule has 9 heteroatoms. The summed E-state index contributed by atoms with van der Waals surface area (Å²) >= 11 is 6.04. The van der Waals surface area contributed by atoms with Crippen molar-refractivity contribution >= 4 is 23.5 Å². The van der Waals surface area contributed by atoms with Crippen LogP contribution in [-0.4, -0.2) is 82.9 Å². The van der Waals surface area contributed by atoms with Crippen molar-refractivity contribution in [2.45, 2.75) is 13.1 Å². The molecule has 0 spiro atoms. The number of nitrogens with one attached hydrogen (secondary N) is 1. The molecule has 0 radical (unpaired) electrons. The van der Waals surface area contributed by atoms with Gasteiger partial charge in [0.25, 0.3) is 11.5 Å². The molecule has 0 aliphatic carbocycles. The average molecular weight is 507 g/mol. The van der Waals surface area contributed by atoms with Crippen LogP contribution in [0.5, 0.6) is 0 Å². The Morgan fingerprint density at radius 2 is 1.53 bits per heavy atom. The Kier molecular flexibility index (Phi) is 7.65. The molecule has 2 fully saturated rings. The van der Waals surface area contributed by atoms with E-state index in [1.807, 2.05) is 15.9 Å². The highest BCUT2D eigenvalue weighted by molar-refractivity contribution is 6.30. The van der Waals surface area contributed by atoms with Gasteiger partial charge >= 0.3 is 0 Å². The molecule has 3 aromatic rings. The van der Waals surface area contributed by atoms with Crippen LogP contribution in [0.4, 0.5) is 5.95 Å². The third kappa shape index (κ3) is 6.13. The van der Waals surface area contributed by atoms with Gasteiger partial charge < -0.3 is 9.80 Å². The summed E-state index contributed by atoms with van der Waals surface area (Å²) < 4.78 is 0. The maximum atomic E-state index is 12.8. The fourth-order valence-corrected chi connectivity index (χ4v) is 5.02. The van der Waals surface area contributed by atoms with Gasteiger partial charge in [0.2, 0.25) is 5.95 Å². The molecule has 1 aromatic heterocycles. The molecule has 1 N–H and O–H groups in total. The first-order valence-corrected chi connectivity index (χ1v) is 12.8. The fraction of sp³-hybridized carbons (Fsp3) is 0.370. The van der Waals surface area contributed by atoms with Crippen molar-refractivity contribution in [2.24, 2.45) is 0 Å². The topological polar surface area (TPSA) is 75.8 Å². The van der Waals surface area contributed by atoms with Crippen molar-refractivity contribution in [3.63, 3.8) is 0 Å². The zero-order chi connectivity index (χ0) is 24.9. The van der Waals surface area contributed by atoms with Crippen LogP contribution in [0.2, 0.25) is 5.02 Å².